The second-order valence-corrected chi connectivity index (χ2v) is 6.48. The van der Waals surface area contributed by atoms with Gasteiger partial charge in [-0.2, -0.15) is 0 Å². The summed E-state index contributed by atoms with van der Waals surface area (Å²) in [5.74, 6) is 1.48. The molecule has 0 radical (unpaired) electrons. The smallest absolute Gasteiger partial charge is 0.259 e. The molecule has 1 fully saturated rings. The molecule has 134 valence electrons. The third-order valence-corrected chi connectivity index (χ3v) is 4.97. The van der Waals surface area contributed by atoms with E-state index in [0.29, 0.717) is 30.1 Å². The summed E-state index contributed by atoms with van der Waals surface area (Å²) in [6.07, 6.45) is 0. The summed E-state index contributed by atoms with van der Waals surface area (Å²) < 4.78 is 10.4. The third-order valence-electron chi connectivity index (χ3n) is 4.97. The molecule has 0 bridgehead atoms. The number of rotatable bonds is 4. The number of methoxy groups -OCH3 is 1. The molecular formula is C19H25N3O3. The van der Waals surface area contributed by atoms with Crippen LogP contribution in [-0.4, -0.2) is 54.2 Å². The molecule has 1 saturated heterocycles. The fraction of sp³-hybridized carbons (Fsp3) is 0.474. The lowest BCUT2D eigenvalue weighted by molar-refractivity contribution is 0.0580. The van der Waals surface area contributed by atoms with E-state index in [1.807, 2.05) is 24.0 Å². The molecule has 0 saturated carbocycles. The van der Waals surface area contributed by atoms with Crippen molar-refractivity contribution in [2.24, 2.45) is 0 Å². The molecular weight excluding hydrogens is 318 g/mol. The van der Waals surface area contributed by atoms with E-state index in [-0.39, 0.29) is 11.9 Å². The van der Waals surface area contributed by atoms with Crippen LogP contribution >= 0.6 is 0 Å². The third kappa shape index (κ3) is 3.54. The van der Waals surface area contributed by atoms with Crippen LogP contribution in [0.5, 0.6) is 5.75 Å². The summed E-state index contributed by atoms with van der Waals surface area (Å²) in [4.78, 5) is 17.0. The van der Waals surface area contributed by atoms with Gasteiger partial charge in [0.15, 0.2) is 0 Å². The average Bonchev–Trinajstić information content (AvgIpc) is 2.99. The van der Waals surface area contributed by atoms with Gasteiger partial charge in [0, 0.05) is 32.2 Å². The SMILES string of the molecule is COc1cccc(C(C)N2CCN(C(=O)c3c(C)noc3C)CC2)c1. The molecule has 6 nitrogen and oxygen atoms in total. The summed E-state index contributed by atoms with van der Waals surface area (Å²) in [6, 6.07) is 8.45. The summed E-state index contributed by atoms with van der Waals surface area (Å²) in [7, 11) is 1.68. The molecule has 1 aromatic heterocycles. The summed E-state index contributed by atoms with van der Waals surface area (Å²) in [6.45, 7) is 8.88. The van der Waals surface area contributed by atoms with Crippen LogP contribution in [0, 0.1) is 13.8 Å². The number of ether oxygens (including phenoxy) is 1. The van der Waals surface area contributed by atoms with Crippen LogP contribution in [0.1, 0.15) is 40.3 Å². The Morgan fingerprint density at radius 2 is 1.96 bits per heavy atom. The van der Waals surface area contributed by atoms with Gasteiger partial charge in [0.25, 0.3) is 5.91 Å². The van der Waals surface area contributed by atoms with E-state index in [9.17, 15) is 4.79 Å². The first kappa shape index (κ1) is 17.5. The van der Waals surface area contributed by atoms with E-state index < -0.39 is 0 Å². The predicted octanol–water partition coefficient (Wildman–Crippen LogP) is 2.82. The van der Waals surface area contributed by atoms with Crippen LogP contribution in [0.3, 0.4) is 0 Å². The molecule has 0 aliphatic carbocycles. The van der Waals surface area contributed by atoms with Crippen molar-refractivity contribution in [3.63, 3.8) is 0 Å². The number of hydrogen-bond acceptors (Lipinski definition) is 5. The highest BCUT2D eigenvalue weighted by molar-refractivity contribution is 5.96. The van der Waals surface area contributed by atoms with Crippen molar-refractivity contribution in [1.29, 1.82) is 0 Å². The maximum atomic E-state index is 12.7. The van der Waals surface area contributed by atoms with E-state index in [2.05, 4.69) is 29.1 Å². The number of piperazine rings is 1. The van der Waals surface area contributed by atoms with Gasteiger partial charge in [-0.05, 0) is 38.5 Å². The van der Waals surface area contributed by atoms with Gasteiger partial charge in [-0.1, -0.05) is 17.3 Å². The average molecular weight is 343 g/mol. The van der Waals surface area contributed by atoms with Gasteiger partial charge in [0.1, 0.15) is 17.1 Å². The largest absolute Gasteiger partial charge is 0.497 e. The van der Waals surface area contributed by atoms with Crippen molar-refractivity contribution in [1.82, 2.24) is 15.0 Å². The fourth-order valence-corrected chi connectivity index (χ4v) is 3.37. The van der Waals surface area contributed by atoms with Crippen LogP contribution in [0.4, 0.5) is 0 Å². The quantitative estimate of drug-likeness (QED) is 0.854. The number of aryl methyl sites for hydroxylation is 2. The van der Waals surface area contributed by atoms with E-state index in [4.69, 9.17) is 9.26 Å². The first-order valence-electron chi connectivity index (χ1n) is 8.61. The number of carbonyl (C=O) groups excluding carboxylic acids is 1. The number of nitrogens with zero attached hydrogens (tertiary/aromatic N) is 3. The molecule has 1 unspecified atom stereocenters. The van der Waals surface area contributed by atoms with Gasteiger partial charge in [-0.15, -0.1) is 0 Å². The van der Waals surface area contributed by atoms with Crippen LogP contribution in [0.15, 0.2) is 28.8 Å². The van der Waals surface area contributed by atoms with Crippen LogP contribution in [0.25, 0.3) is 0 Å². The number of hydrogen-bond donors (Lipinski definition) is 0. The minimum Gasteiger partial charge on any atom is -0.497 e. The Hall–Kier alpha value is -2.34. The second kappa shape index (κ2) is 7.27. The van der Waals surface area contributed by atoms with Crippen molar-refractivity contribution in [3.05, 3.63) is 46.8 Å². The fourth-order valence-electron chi connectivity index (χ4n) is 3.37. The van der Waals surface area contributed by atoms with Crippen LogP contribution in [0.2, 0.25) is 0 Å². The summed E-state index contributed by atoms with van der Waals surface area (Å²) in [5.41, 5.74) is 2.49. The predicted molar refractivity (Wildman–Crippen MR) is 94.9 cm³/mol. The van der Waals surface area contributed by atoms with Gasteiger partial charge in [-0.3, -0.25) is 9.69 Å². The molecule has 1 aliphatic rings. The van der Waals surface area contributed by atoms with Crippen molar-refractivity contribution >= 4 is 5.91 Å². The van der Waals surface area contributed by atoms with Gasteiger partial charge in [-0.25, -0.2) is 0 Å². The minimum absolute atomic E-state index is 0.0185. The maximum Gasteiger partial charge on any atom is 0.259 e. The number of benzene rings is 1. The highest BCUT2D eigenvalue weighted by Crippen LogP contribution is 2.25. The Labute approximate surface area is 148 Å². The molecule has 1 amide bonds. The molecule has 1 aromatic carbocycles. The Morgan fingerprint density at radius 1 is 1.24 bits per heavy atom. The molecule has 6 heteroatoms. The Bertz CT molecular complexity index is 729. The normalized spacial score (nSPS) is 16.7. The van der Waals surface area contributed by atoms with Crippen LogP contribution in [-0.2, 0) is 0 Å². The van der Waals surface area contributed by atoms with E-state index in [0.717, 1.165) is 18.8 Å². The Kier molecular flexibility index (Phi) is 5.08. The zero-order valence-corrected chi connectivity index (χ0v) is 15.3. The van der Waals surface area contributed by atoms with Gasteiger partial charge in [0.2, 0.25) is 0 Å². The maximum absolute atomic E-state index is 12.7. The van der Waals surface area contributed by atoms with Gasteiger partial charge >= 0.3 is 0 Å². The molecule has 3 rings (SSSR count). The Morgan fingerprint density at radius 3 is 2.56 bits per heavy atom. The minimum atomic E-state index is 0.0185. The second-order valence-electron chi connectivity index (χ2n) is 6.48. The van der Waals surface area contributed by atoms with E-state index in [1.165, 1.54) is 5.56 Å². The van der Waals surface area contributed by atoms with Crippen molar-refractivity contribution < 1.29 is 14.1 Å². The Balaban J connectivity index is 1.64. The number of carbonyl (C=O) groups is 1. The lowest BCUT2D eigenvalue weighted by atomic mass is 10.1. The monoisotopic (exact) mass is 343 g/mol. The standard InChI is InChI=1S/C19H25N3O3/c1-13-18(15(3)25-20-13)19(23)22-10-8-21(9-11-22)14(2)16-6-5-7-17(12-16)24-4/h5-7,12,14H,8-11H2,1-4H3. The highest BCUT2D eigenvalue weighted by Gasteiger charge is 2.28. The number of amides is 1. The summed E-state index contributed by atoms with van der Waals surface area (Å²) in [5, 5.41) is 3.89. The van der Waals surface area contributed by atoms with Crippen LogP contribution < -0.4 is 4.74 Å². The number of aromatic nitrogens is 1. The molecule has 1 aliphatic heterocycles. The zero-order chi connectivity index (χ0) is 18.0. The van der Waals surface area contributed by atoms with E-state index in [1.54, 1.807) is 14.0 Å². The molecule has 2 heterocycles. The highest BCUT2D eigenvalue weighted by atomic mass is 16.5. The molecule has 0 N–H and O–H groups in total. The molecule has 25 heavy (non-hydrogen) atoms. The van der Waals surface area contributed by atoms with Gasteiger partial charge in [0.05, 0.1) is 12.8 Å². The topological polar surface area (TPSA) is 58.8 Å². The molecule has 0 spiro atoms. The lowest BCUT2D eigenvalue weighted by Gasteiger charge is -2.38. The zero-order valence-electron chi connectivity index (χ0n) is 15.3. The van der Waals surface area contributed by atoms with Crippen molar-refractivity contribution in [2.45, 2.75) is 26.8 Å². The molecule has 1 atom stereocenters. The first-order chi connectivity index (χ1) is 12.0. The lowest BCUT2D eigenvalue weighted by Crippen LogP contribution is -2.49. The van der Waals surface area contributed by atoms with Crippen molar-refractivity contribution in [2.75, 3.05) is 33.3 Å². The molecule has 2 aromatic rings. The van der Waals surface area contributed by atoms with Crippen molar-refractivity contribution in [3.8, 4) is 5.75 Å². The summed E-state index contributed by atoms with van der Waals surface area (Å²) >= 11 is 0. The van der Waals surface area contributed by atoms with Gasteiger partial charge < -0.3 is 14.2 Å². The van der Waals surface area contributed by atoms with E-state index >= 15 is 0 Å². The first-order valence-corrected chi connectivity index (χ1v) is 8.61.